The second kappa shape index (κ2) is 5.55. The number of fused-ring (bicyclic) bond motifs is 1. The Kier molecular flexibility index (Phi) is 3.71. The minimum absolute atomic E-state index is 0.983. The fraction of sp³-hybridized carbons (Fsp3) is 0. The molecule has 0 aliphatic rings. The Bertz CT molecular complexity index is 864. The molecule has 1 aromatic carbocycles. The quantitative estimate of drug-likeness (QED) is 0.335. The summed E-state index contributed by atoms with van der Waals surface area (Å²) in [6.07, 6.45) is 0. The smallest absolute Gasteiger partial charge is 0.115 e. The van der Waals surface area contributed by atoms with E-state index in [1.54, 1.807) is 22.7 Å². The molecule has 0 unspecified atom stereocenters. The van der Waals surface area contributed by atoms with E-state index < -0.39 is 0 Å². The monoisotopic (exact) mass is 456 g/mol. The Morgan fingerprint density at radius 3 is 2.00 bits per heavy atom. The third-order valence-corrected chi connectivity index (χ3v) is 7.15. The second-order valence-electron chi connectivity index (χ2n) is 4.32. The fourth-order valence-electron chi connectivity index (χ4n) is 2.18. The molecule has 4 rings (SSSR count). The highest BCUT2D eigenvalue weighted by molar-refractivity contribution is 9.11. The van der Waals surface area contributed by atoms with E-state index in [0.717, 1.165) is 23.4 Å². The number of thiophene rings is 2. The summed E-state index contributed by atoms with van der Waals surface area (Å²) in [5, 5.41) is 4.35. The Morgan fingerprint density at radius 1 is 0.762 bits per heavy atom. The van der Waals surface area contributed by atoms with Crippen molar-refractivity contribution in [3.63, 3.8) is 0 Å². The lowest BCUT2D eigenvalue weighted by Crippen LogP contribution is -1.80. The van der Waals surface area contributed by atoms with Crippen molar-refractivity contribution in [3.05, 3.63) is 44.0 Å². The van der Waals surface area contributed by atoms with Gasteiger partial charge in [0.05, 0.1) is 12.3 Å². The average Bonchev–Trinajstić information content (AvgIpc) is 3.18. The molecule has 21 heavy (non-hydrogen) atoms. The Balaban J connectivity index is 1.96. The summed E-state index contributed by atoms with van der Waals surface area (Å²) < 4.78 is 7.57. The molecule has 0 fully saturated rings. The molecule has 2 nitrogen and oxygen atoms in total. The van der Waals surface area contributed by atoms with E-state index in [1.165, 1.54) is 26.9 Å². The summed E-state index contributed by atoms with van der Waals surface area (Å²) in [4.78, 5) is 2.44. The molecular formula is C14H6Br2N2S3. The van der Waals surface area contributed by atoms with Crippen LogP contribution >= 0.6 is 66.1 Å². The normalized spacial score (nSPS) is 11.3. The molecule has 0 aliphatic heterocycles. The van der Waals surface area contributed by atoms with Gasteiger partial charge in [-0.25, -0.2) is 0 Å². The number of benzene rings is 1. The van der Waals surface area contributed by atoms with Crippen molar-refractivity contribution in [1.29, 1.82) is 0 Å². The molecule has 0 spiro atoms. The largest absolute Gasteiger partial charge is 0.137 e. The highest BCUT2D eigenvalue weighted by Crippen LogP contribution is 2.41. The number of halogens is 2. The van der Waals surface area contributed by atoms with Gasteiger partial charge in [-0.2, -0.15) is 0 Å². The maximum absolute atomic E-state index is 4.35. The van der Waals surface area contributed by atoms with Gasteiger partial charge >= 0.3 is 0 Å². The Hall–Kier alpha value is -0.600. The molecule has 0 atom stereocenters. The first-order valence-electron chi connectivity index (χ1n) is 5.99. The molecule has 0 saturated carbocycles. The van der Waals surface area contributed by atoms with Gasteiger partial charge < -0.3 is 0 Å². The van der Waals surface area contributed by atoms with E-state index in [1.807, 2.05) is 0 Å². The molecule has 0 aliphatic carbocycles. The van der Waals surface area contributed by atoms with Gasteiger partial charge in [0.15, 0.2) is 0 Å². The van der Waals surface area contributed by atoms with Crippen molar-refractivity contribution in [2.45, 2.75) is 0 Å². The van der Waals surface area contributed by atoms with Crippen molar-refractivity contribution >= 4 is 76.3 Å². The van der Waals surface area contributed by atoms with Crippen LogP contribution in [0.1, 0.15) is 0 Å². The van der Waals surface area contributed by atoms with Crippen LogP contribution in [0.25, 0.3) is 31.1 Å². The van der Waals surface area contributed by atoms with Crippen LogP contribution in [0.3, 0.4) is 0 Å². The van der Waals surface area contributed by atoms with Crippen molar-refractivity contribution in [3.8, 4) is 20.9 Å². The minimum atomic E-state index is 0.983. The lowest BCUT2D eigenvalue weighted by Gasteiger charge is -2.03. The lowest BCUT2D eigenvalue weighted by atomic mass is 10.1. The van der Waals surface area contributed by atoms with Crippen LogP contribution in [0, 0.1) is 0 Å². The fourth-order valence-corrected chi connectivity index (χ4v) is 5.79. The summed E-state index contributed by atoms with van der Waals surface area (Å²) in [6.45, 7) is 0. The molecule has 0 saturated heterocycles. The maximum Gasteiger partial charge on any atom is 0.115 e. The number of aromatic nitrogens is 2. The summed E-state index contributed by atoms with van der Waals surface area (Å²) in [5.41, 5.74) is 3.33. The average molecular weight is 458 g/mol. The van der Waals surface area contributed by atoms with Crippen molar-refractivity contribution in [2.75, 3.05) is 0 Å². The maximum atomic E-state index is 4.35. The molecular weight excluding hydrogens is 452 g/mol. The van der Waals surface area contributed by atoms with E-state index in [0.29, 0.717) is 0 Å². The van der Waals surface area contributed by atoms with Gasteiger partial charge in [0.1, 0.15) is 5.52 Å². The van der Waals surface area contributed by atoms with Crippen LogP contribution in [0.15, 0.2) is 44.0 Å². The first-order valence-corrected chi connectivity index (χ1v) is 9.98. The molecule has 4 aromatic rings. The molecule has 3 aromatic heterocycles. The van der Waals surface area contributed by atoms with Gasteiger partial charge in [-0.15, -0.1) is 27.8 Å². The highest BCUT2D eigenvalue weighted by Gasteiger charge is 2.15. The van der Waals surface area contributed by atoms with Gasteiger partial charge in [-0.3, -0.25) is 0 Å². The van der Waals surface area contributed by atoms with Crippen LogP contribution in [0.2, 0.25) is 0 Å². The van der Waals surface area contributed by atoms with Crippen LogP contribution in [0.4, 0.5) is 0 Å². The minimum Gasteiger partial charge on any atom is -0.137 e. The summed E-state index contributed by atoms with van der Waals surface area (Å²) in [6, 6.07) is 12.7. The third-order valence-electron chi connectivity index (χ3n) is 3.08. The molecule has 104 valence electrons. The van der Waals surface area contributed by atoms with Gasteiger partial charge in [-0.05, 0) is 67.7 Å². The third kappa shape index (κ3) is 2.51. The van der Waals surface area contributed by atoms with E-state index in [4.69, 9.17) is 0 Å². The molecule has 7 heteroatoms. The van der Waals surface area contributed by atoms with Crippen LogP contribution in [-0.4, -0.2) is 9.59 Å². The standard InChI is InChI=1S/C14H6Br2N2S3/c15-11-5-3-9(19-11)7-1-2-8(10-4-6-12(16)20-10)14-13(7)17-18-21-14/h1-6H. The highest BCUT2D eigenvalue weighted by atomic mass is 79.9. The molecule has 0 N–H and O–H groups in total. The van der Waals surface area contributed by atoms with Crippen LogP contribution in [-0.2, 0) is 0 Å². The topological polar surface area (TPSA) is 25.8 Å². The lowest BCUT2D eigenvalue weighted by molar-refractivity contribution is 1.20. The van der Waals surface area contributed by atoms with Crippen molar-refractivity contribution < 1.29 is 0 Å². The number of hydrogen-bond donors (Lipinski definition) is 0. The Morgan fingerprint density at radius 2 is 1.38 bits per heavy atom. The van der Waals surface area contributed by atoms with E-state index >= 15 is 0 Å². The predicted molar refractivity (Wildman–Crippen MR) is 99.4 cm³/mol. The summed E-state index contributed by atoms with van der Waals surface area (Å²) in [7, 11) is 0. The van der Waals surface area contributed by atoms with Crippen LogP contribution in [0.5, 0.6) is 0 Å². The zero-order chi connectivity index (χ0) is 14.4. The summed E-state index contributed by atoms with van der Waals surface area (Å²) in [5.74, 6) is 0. The first kappa shape index (κ1) is 14.0. The second-order valence-corrected chi connectivity index (χ2v) is 10.00. The molecule has 3 heterocycles. The zero-order valence-electron chi connectivity index (χ0n) is 10.3. The zero-order valence-corrected chi connectivity index (χ0v) is 16.0. The van der Waals surface area contributed by atoms with Gasteiger partial charge in [0.2, 0.25) is 0 Å². The summed E-state index contributed by atoms with van der Waals surface area (Å²) >= 11 is 11.9. The van der Waals surface area contributed by atoms with E-state index in [9.17, 15) is 0 Å². The molecule has 0 radical (unpaired) electrons. The van der Waals surface area contributed by atoms with E-state index in [-0.39, 0.29) is 0 Å². The Labute approximate surface area is 149 Å². The van der Waals surface area contributed by atoms with Gasteiger partial charge in [0, 0.05) is 20.9 Å². The number of nitrogens with zero attached hydrogens (tertiary/aromatic N) is 2. The first-order chi connectivity index (χ1) is 10.2. The predicted octanol–water partition coefficient (Wildman–Crippen LogP) is 6.67. The number of hydrogen-bond acceptors (Lipinski definition) is 5. The van der Waals surface area contributed by atoms with E-state index in [2.05, 4.69) is 77.8 Å². The van der Waals surface area contributed by atoms with Crippen LogP contribution < -0.4 is 0 Å². The molecule has 0 amide bonds. The van der Waals surface area contributed by atoms with Crippen molar-refractivity contribution in [2.24, 2.45) is 0 Å². The van der Waals surface area contributed by atoms with Gasteiger partial charge in [0.25, 0.3) is 0 Å². The van der Waals surface area contributed by atoms with Gasteiger partial charge in [-0.1, -0.05) is 16.6 Å². The molecule has 0 bridgehead atoms. The van der Waals surface area contributed by atoms with Crippen molar-refractivity contribution in [1.82, 2.24) is 9.59 Å². The number of rotatable bonds is 2. The SMILES string of the molecule is Brc1ccc(-c2ccc(-c3ccc(Br)s3)c3snnc23)s1.